The summed E-state index contributed by atoms with van der Waals surface area (Å²) in [5.41, 5.74) is 8.97. The van der Waals surface area contributed by atoms with Crippen molar-refractivity contribution < 1.29 is 27.1 Å². The van der Waals surface area contributed by atoms with E-state index in [1.807, 2.05) is 6.07 Å². The summed E-state index contributed by atoms with van der Waals surface area (Å²) < 4.78 is 48.6. The van der Waals surface area contributed by atoms with Gasteiger partial charge in [-0.3, -0.25) is 0 Å². The molecule has 7 rings (SSSR count). The van der Waals surface area contributed by atoms with Crippen molar-refractivity contribution in [3.05, 3.63) is 164 Å². The molecule has 14 heteroatoms. The lowest BCUT2D eigenvalue weighted by atomic mass is 10.2. The van der Waals surface area contributed by atoms with Gasteiger partial charge in [0.1, 0.15) is 58.9 Å². The summed E-state index contributed by atoms with van der Waals surface area (Å²) in [7, 11) is 0. The molecule has 0 bridgehead atoms. The normalized spacial score (nSPS) is 10.1. The molecule has 12 nitrogen and oxygen atoms in total. The molecule has 0 aliphatic heterocycles. The molecule has 0 atom stereocenters. The maximum atomic E-state index is 13.8. The second-order valence-electron chi connectivity index (χ2n) is 9.94. The fraction of sp³-hybridized carbons (Fsp3) is 0.0556. The summed E-state index contributed by atoms with van der Waals surface area (Å²) in [6.45, 7) is 0.347. The van der Waals surface area contributed by atoms with E-state index in [1.54, 1.807) is 72.9 Å². The Morgan fingerprint density at radius 2 is 1.38 bits per heavy atom. The van der Waals surface area contributed by atoms with Crippen LogP contribution in [0.5, 0.6) is 11.5 Å². The Kier molecular flexibility index (Phi) is 11.3. The van der Waals surface area contributed by atoms with E-state index in [0.717, 1.165) is 10.8 Å². The summed E-state index contributed by atoms with van der Waals surface area (Å²) in [6, 6.07) is 28.7. The summed E-state index contributed by atoms with van der Waals surface area (Å²) in [5, 5.41) is 12.6. The molecule has 7 aromatic rings. The first kappa shape index (κ1) is 34.1. The number of para-hydroxylation sites is 1. The smallest absolute Gasteiger partial charge is 0.336 e. The van der Waals surface area contributed by atoms with Crippen molar-refractivity contribution in [3.63, 3.8) is 0 Å². The first-order valence-electron chi connectivity index (χ1n) is 14.6. The Labute approximate surface area is 281 Å². The molecule has 0 unspecified atom stereocenters. The molecule has 0 amide bonds. The average molecular weight is 675 g/mol. The highest BCUT2D eigenvalue weighted by Gasteiger charge is 2.08. The number of benzene rings is 4. The van der Waals surface area contributed by atoms with E-state index in [4.69, 9.17) is 30.3 Å². The number of nitrogens with zero attached hydrogens (tertiary/aromatic N) is 6. The van der Waals surface area contributed by atoms with Crippen molar-refractivity contribution >= 4 is 27.6 Å². The second kappa shape index (κ2) is 16.6. The Morgan fingerprint density at radius 1 is 0.800 bits per heavy atom. The number of hydrogen-bond acceptors (Lipinski definition) is 9. The van der Waals surface area contributed by atoms with E-state index < -0.39 is 11.4 Å². The number of fused-ring (bicyclic) bond motifs is 2. The quantitative estimate of drug-likeness (QED) is 0.0548. The molecule has 0 spiro atoms. The Morgan fingerprint density at radius 3 is 1.98 bits per heavy atom. The number of hydrogen-bond donors (Lipinski definition) is 0. The van der Waals surface area contributed by atoms with Crippen molar-refractivity contribution in [1.82, 2.24) is 15.0 Å². The van der Waals surface area contributed by atoms with Crippen LogP contribution < -0.4 is 20.7 Å². The molecule has 3 heterocycles. The van der Waals surface area contributed by atoms with Gasteiger partial charge in [0.25, 0.3) is 0 Å². The van der Waals surface area contributed by atoms with Gasteiger partial charge < -0.3 is 18.3 Å². The van der Waals surface area contributed by atoms with Gasteiger partial charge in [-0.05, 0) is 66.2 Å². The molecule has 248 valence electrons. The summed E-state index contributed by atoms with van der Waals surface area (Å²) in [6.07, 6.45) is 6.66. The zero-order valence-electron chi connectivity index (χ0n) is 25.8. The summed E-state index contributed by atoms with van der Waals surface area (Å²) in [4.78, 5) is 24.7. The van der Waals surface area contributed by atoms with Gasteiger partial charge in [-0.25, -0.2) is 23.1 Å². The van der Waals surface area contributed by atoms with Crippen LogP contribution in [0.25, 0.3) is 38.1 Å². The molecule has 50 heavy (non-hydrogen) atoms. The largest absolute Gasteiger partial charge is 0.487 e. The molecular weight excluding hydrogens is 650 g/mol. The van der Waals surface area contributed by atoms with Crippen LogP contribution in [0.4, 0.5) is 14.5 Å². The van der Waals surface area contributed by atoms with Crippen LogP contribution in [0.1, 0.15) is 5.69 Å². The van der Waals surface area contributed by atoms with Gasteiger partial charge in [0.05, 0.1) is 11.9 Å². The highest BCUT2D eigenvalue weighted by molar-refractivity contribution is 5.78. The zero-order valence-corrected chi connectivity index (χ0v) is 25.8. The third-order valence-electron chi connectivity index (χ3n) is 6.54. The lowest BCUT2D eigenvalue weighted by Crippen LogP contribution is -1.98. The number of aromatic nitrogens is 3. The fourth-order valence-corrected chi connectivity index (χ4v) is 4.24. The Hall–Kier alpha value is -7.23. The van der Waals surface area contributed by atoms with Crippen LogP contribution in [0, 0.1) is 24.0 Å². The van der Waals surface area contributed by atoms with Crippen LogP contribution in [0.3, 0.4) is 0 Å². The summed E-state index contributed by atoms with van der Waals surface area (Å²) in [5.74, 6) is 2.60. The number of halogens is 2. The predicted molar refractivity (Wildman–Crippen MR) is 180 cm³/mol. The van der Waals surface area contributed by atoms with E-state index >= 15 is 0 Å². The number of ether oxygens (including phenoxy) is 2. The lowest BCUT2D eigenvalue weighted by Gasteiger charge is -2.04. The molecule has 0 saturated heterocycles. The van der Waals surface area contributed by atoms with Crippen molar-refractivity contribution in [2.45, 2.75) is 6.61 Å². The minimum absolute atomic E-state index is 0.0324. The molecule has 0 N–H and O–H groups in total. The number of rotatable bonds is 7. The SMILES string of the molecule is C#CCOc1ccc2ccc(=O)oc2c1.O=c1ccc2ccc(OCc3cn(-c4ccccc4F)nn3)cc2o1.[N-]=[N+]=Nc1ccccc1F. The first-order valence-corrected chi connectivity index (χ1v) is 14.6. The van der Waals surface area contributed by atoms with Crippen LogP contribution in [-0.2, 0) is 6.61 Å². The van der Waals surface area contributed by atoms with Gasteiger partial charge in [-0.1, -0.05) is 40.5 Å². The Balaban J connectivity index is 0.000000164. The van der Waals surface area contributed by atoms with Gasteiger partial charge in [-0.15, -0.1) is 11.5 Å². The first-order chi connectivity index (χ1) is 24.3. The molecule has 0 aliphatic carbocycles. The molecule has 0 saturated carbocycles. The molecule has 0 radical (unpaired) electrons. The monoisotopic (exact) mass is 674 g/mol. The van der Waals surface area contributed by atoms with E-state index in [1.165, 1.54) is 41.1 Å². The summed E-state index contributed by atoms with van der Waals surface area (Å²) >= 11 is 0. The molecule has 0 fully saturated rings. The second-order valence-corrected chi connectivity index (χ2v) is 9.94. The van der Waals surface area contributed by atoms with Crippen LogP contribution >= 0.6 is 0 Å². The topological polar surface area (TPSA) is 158 Å². The number of azide groups is 1. The minimum Gasteiger partial charge on any atom is -0.487 e. The maximum Gasteiger partial charge on any atom is 0.336 e. The minimum atomic E-state index is -0.500. The fourth-order valence-electron chi connectivity index (χ4n) is 4.24. The van der Waals surface area contributed by atoms with E-state index in [2.05, 4.69) is 26.3 Å². The molecular formula is C36H24F2N6O6. The standard InChI is InChI=1S/C18H12FN3O3.C12H8O3.C6H4FN3/c19-15-3-1-2-4-16(15)22-10-13(20-21-22)11-24-14-7-5-12-6-8-18(23)25-17(12)9-14;1-2-7-14-10-5-3-9-4-6-12(13)15-11(9)8-10;7-5-3-1-2-4-6(5)9-10-8/h1-10H,11H2;1,3-6,8H,7H2;1-4H. The predicted octanol–water partition coefficient (Wildman–Crippen LogP) is 7.66. The van der Waals surface area contributed by atoms with Crippen molar-refractivity contribution in [2.75, 3.05) is 6.61 Å². The van der Waals surface area contributed by atoms with Crippen LogP contribution in [0.15, 0.2) is 139 Å². The third kappa shape index (κ3) is 9.19. The number of terminal acetylenes is 1. The zero-order chi connectivity index (χ0) is 35.3. The van der Waals surface area contributed by atoms with Gasteiger partial charge in [0, 0.05) is 39.9 Å². The van der Waals surface area contributed by atoms with Crippen molar-refractivity contribution in [1.29, 1.82) is 0 Å². The van der Waals surface area contributed by atoms with Gasteiger partial charge in [0.15, 0.2) is 0 Å². The lowest BCUT2D eigenvalue weighted by molar-refractivity contribution is 0.301. The van der Waals surface area contributed by atoms with E-state index in [9.17, 15) is 18.4 Å². The van der Waals surface area contributed by atoms with Gasteiger partial charge >= 0.3 is 11.3 Å². The molecule has 0 aliphatic rings. The van der Waals surface area contributed by atoms with Crippen LogP contribution in [-0.4, -0.2) is 21.6 Å². The van der Waals surface area contributed by atoms with Crippen LogP contribution in [0.2, 0.25) is 0 Å². The van der Waals surface area contributed by atoms with E-state index in [-0.39, 0.29) is 30.3 Å². The average Bonchev–Trinajstić information content (AvgIpc) is 3.60. The van der Waals surface area contributed by atoms with E-state index in [0.29, 0.717) is 34.0 Å². The third-order valence-corrected chi connectivity index (χ3v) is 6.54. The van der Waals surface area contributed by atoms with Gasteiger partial charge in [0.2, 0.25) is 0 Å². The molecule has 3 aromatic heterocycles. The highest BCUT2D eigenvalue weighted by Crippen LogP contribution is 2.21. The van der Waals surface area contributed by atoms with Crippen molar-refractivity contribution in [2.24, 2.45) is 5.11 Å². The van der Waals surface area contributed by atoms with Crippen molar-refractivity contribution in [3.8, 4) is 29.5 Å². The van der Waals surface area contributed by atoms with Gasteiger partial charge in [-0.2, -0.15) is 0 Å². The maximum absolute atomic E-state index is 13.8. The highest BCUT2D eigenvalue weighted by atomic mass is 19.1. The molecule has 4 aromatic carbocycles. The Bertz CT molecular complexity index is 2470.